The summed E-state index contributed by atoms with van der Waals surface area (Å²) in [6.45, 7) is 1.93. The zero-order valence-corrected chi connectivity index (χ0v) is 13.8. The first-order valence-electron chi connectivity index (χ1n) is 8.14. The van der Waals surface area contributed by atoms with Crippen molar-refractivity contribution in [2.24, 2.45) is 0 Å². The summed E-state index contributed by atoms with van der Waals surface area (Å²) >= 11 is 0. The fourth-order valence-electron chi connectivity index (χ4n) is 3.06. The molecule has 0 aliphatic heterocycles. The molecule has 0 aliphatic carbocycles. The minimum Gasteiger partial charge on any atom is -0.507 e. The fraction of sp³-hybridized carbons (Fsp3) is 0.0455. The van der Waals surface area contributed by atoms with E-state index in [1.165, 1.54) is 0 Å². The number of aromatic hydroxyl groups is 1. The first-order chi connectivity index (χ1) is 12.1. The molecule has 0 unspecified atom stereocenters. The first-order valence-corrected chi connectivity index (χ1v) is 8.14. The van der Waals surface area contributed by atoms with E-state index in [4.69, 9.17) is 0 Å². The van der Waals surface area contributed by atoms with Gasteiger partial charge in [0.25, 0.3) is 5.91 Å². The molecule has 4 rings (SSSR count). The Bertz CT molecular complexity index is 1120. The van der Waals surface area contributed by atoms with E-state index >= 15 is 0 Å². The lowest BCUT2D eigenvalue weighted by Crippen LogP contribution is -2.13. The third-order valence-corrected chi connectivity index (χ3v) is 4.46. The van der Waals surface area contributed by atoms with E-state index < -0.39 is 0 Å². The highest BCUT2D eigenvalue weighted by Crippen LogP contribution is 2.29. The molecule has 0 fully saturated rings. The van der Waals surface area contributed by atoms with Gasteiger partial charge < -0.3 is 10.4 Å². The van der Waals surface area contributed by atoms with Gasteiger partial charge in [-0.25, -0.2) is 0 Å². The van der Waals surface area contributed by atoms with Crippen molar-refractivity contribution in [2.75, 3.05) is 5.32 Å². The van der Waals surface area contributed by atoms with Crippen molar-refractivity contribution in [1.82, 2.24) is 0 Å². The smallest absolute Gasteiger partial charge is 0.259 e. The van der Waals surface area contributed by atoms with Crippen LogP contribution in [0.3, 0.4) is 0 Å². The number of benzene rings is 4. The number of rotatable bonds is 2. The van der Waals surface area contributed by atoms with Crippen LogP contribution in [0.1, 0.15) is 15.9 Å². The third kappa shape index (κ3) is 2.81. The lowest BCUT2D eigenvalue weighted by Gasteiger charge is -2.11. The maximum absolute atomic E-state index is 12.6. The van der Waals surface area contributed by atoms with Crippen LogP contribution < -0.4 is 5.32 Å². The van der Waals surface area contributed by atoms with Gasteiger partial charge in [-0.15, -0.1) is 0 Å². The second kappa shape index (κ2) is 5.95. The van der Waals surface area contributed by atoms with Gasteiger partial charge in [0.05, 0.1) is 5.56 Å². The monoisotopic (exact) mass is 327 g/mol. The average molecular weight is 327 g/mol. The Morgan fingerprint density at radius 1 is 0.800 bits per heavy atom. The van der Waals surface area contributed by atoms with Crippen molar-refractivity contribution in [1.29, 1.82) is 0 Å². The zero-order valence-electron chi connectivity index (χ0n) is 13.8. The van der Waals surface area contributed by atoms with Crippen LogP contribution in [0.5, 0.6) is 5.75 Å². The molecule has 25 heavy (non-hydrogen) atoms. The quantitative estimate of drug-likeness (QED) is 0.493. The highest BCUT2D eigenvalue weighted by Gasteiger charge is 2.14. The van der Waals surface area contributed by atoms with Crippen LogP contribution in [-0.2, 0) is 0 Å². The molecular weight excluding hydrogens is 310 g/mol. The second-order valence-electron chi connectivity index (χ2n) is 6.18. The second-order valence-corrected chi connectivity index (χ2v) is 6.18. The number of para-hydroxylation sites is 1. The average Bonchev–Trinajstić information content (AvgIpc) is 2.61. The molecule has 0 spiro atoms. The van der Waals surface area contributed by atoms with E-state index in [0.717, 1.165) is 32.8 Å². The van der Waals surface area contributed by atoms with Crippen LogP contribution in [0.2, 0.25) is 0 Å². The molecule has 0 aromatic heterocycles. The lowest BCUT2D eigenvalue weighted by atomic mass is 10.0. The number of nitrogens with one attached hydrogen (secondary N) is 1. The molecule has 0 radical (unpaired) electrons. The van der Waals surface area contributed by atoms with E-state index in [9.17, 15) is 9.90 Å². The summed E-state index contributed by atoms with van der Waals surface area (Å²) in [4.78, 5) is 12.6. The Hall–Kier alpha value is -3.33. The molecule has 3 heteroatoms. The molecule has 1 amide bonds. The van der Waals surface area contributed by atoms with Gasteiger partial charge in [-0.3, -0.25) is 4.79 Å². The van der Waals surface area contributed by atoms with Gasteiger partial charge in [0.1, 0.15) is 5.75 Å². The highest BCUT2D eigenvalue weighted by molar-refractivity contribution is 6.10. The predicted molar refractivity (Wildman–Crippen MR) is 102 cm³/mol. The van der Waals surface area contributed by atoms with Crippen molar-refractivity contribution in [3.63, 3.8) is 0 Å². The Kier molecular flexibility index (Phi) is 3.62. The number of anilines is 1. The van der Waals surface area contributed by atoms with Gasteiger partial charge in [0.2, 0.25) is 0 Å². The first kappa shape index (κ1) is 15.2. The topological polar surface area (TPSA) is 49.3 Å². The number of fused-ring (bicyclic) bond motifs is 2. The molecule has 0 atom stereocenters. The summed E-state index contributed by atoms with van der Waals surface area (Å²) in [7, 11) is 0. The Morgan fingerprint density at radius 3 is 2.08 bits per heavy atom. The van der Waals surface area contributed by atoms with Gasteiger partial charge in [0.15, 0.2) is 0 Å². The van der Waals surface area contributed by atoms with Crippen LogP contribution in [0.25, 0.3) is 21.5 Å². The Balaban J connectivity index is 1.78. The molecule has 0 aliphatic rings. The van der Waals surface area contributed by atoms with Crippen LogP contribution in [0.4, 0.5) is 5.69 Å². The van der Waals surface area contributed by atoms with E-state index in [1.807, 2.05) is 67.6 Å². The summed E-state index contributed by atoms with van der Waals surface area (Å²) < 4.78 is 0. The highest BCUT2D eigenvalue weighted by atomic mass is 16.3. The molecular formula is C22H17NO2. The molecule has 2 N–H and O–H groups in total. The maximum Gasteiger partial charge on any atom is 0.259 e. The van der Waals surface area contributed by atoms with Crippen LogP contribution in [0.15, 0.2) is 72.8 Å². The summed E-state index contributed by atoms with van der Waals surface area (Å²) in [5, 5.41) is 17.2. The summed E-state index contributed by atoms with van der Waals surface area (Å²) in [6, 6.07) is 23.1. The SMILES string of the molecule is Cc1ccccc1NC(=O)c1cc2cc3ccccc3cc2cc1O. The summed E-state index contributed by atoms with van der Waals surface area (Å²) in [5.41, 5.74) is 1.98. The van der Waals surface area contributed by atoms with Gasteiger partial charge in [-0.05, 0) is 64.4 Å². The number of phenolic OH excluding ortho intramolecular Hbond substituents is 1. The molecule has 0 heterocycles. The number of amides is 1. The predicted octanol–water partition coefficient (Wildman–Crippen LogP) is 5.26. The number of aryl methyl sites for hydroxylation is 1. The Labute approximate surface area is 145 Å². The largest absolute Gasteiger partial charge is 0.507 e. The maximum atomic E-state index is 12.6. The van der Waals surface area contributed by atoms with Crippen molar-refractivity contribution >= 4 is 33.1 Å². The van der Waals surface area contributed by atoms with Gasteiger partial charge in [0, 0.05) is 5.69 Å². The van der Waals surface area contributed by atoms with Gasteiger partial charge >= 0.3 is 0 Å². The minimum atomic E-state index is -0.318. The molecule has 0 saturated carbocycles. The minimum absolute atomic E-state index is 0.0196. The third-order valence-electron chi connectivity index (χ3n) is 4.46. The molecule has 4 aromatic rings. The van der Waals surface area contributed by atoms with E-state index in [1.54, 1.807) is 12.1 Å². The van der Waals surface area contributed by atoms with Gasteiger partial charge in [-0.2, -0.15) is 0 Å². The number of phenols is 1. The van der Waals surface area contributed by atoms with E-state index in [-0.39, 0.29) is 17.2 Å². The number of hydrogen-bond acceptors (Lipinski definition) is 2. The van der Waals surface area contributed by atoms with E-state index in [2.05, 4.69) is 5.32 Å². The number of carbonyl (C=O) groups is 1. The molecule has 122 valence electrons. The van der Waals surface area contributed by atoms with Crippen LogP contribution >= 0.6 is 0 Å². The van der Waals surface area contributed by atoms with Gasteiger partial charge in [-0.1, -0.05) is 42.5 Å². The van der Waals surface area contributed by atoms with Crippen LogP contribution in [0, 0.1) is 6.92 Å². The van der Waals surface area contributed by atoms with Crippen molar-refractivity contribution in [3.05, 3.63) is 83.9 Å². The zero-order chi connectivity index (χ0) is 17.4. The standard InChI is InChI=1S/C22H17NO2/c1-14-6-2-5-9-20(14)23-22(25)19-12-17-10-15-7-3-4-8-16(15)11-18(17)13-21(19)24/h2-13,24H,1H3,(H,23,25). The van der Waals surface area contributed by atoms with Crippen LogP contribution in [-0.4, -0.2) is 11.0 Å². The number of carbonyl (C=O) groups excluding carboxylic acids is 1. The fourth-order valence-corrected chi connectivity index (χ4v) is 3.06. The number of hydrogen-bond donors (Lipinski definition) is 2. The van der Waals surface area contributed by atoms with Crippen molar-refractivity contribution in [3.8, 4) is 5.75 Å². The van der Waals surface area contributed by atoms with Crippen molar-refractivity contribution < 1.29 is 9.90 Å². The molecule has 0 bridgehead atoms. The normalized spacial score (nSPS) is 10.9. The molecule has 0 saturated heterocycles. The van der Waals surface area contributed by atoms with Crippen molar-refractivity contribution in [2.45, 2.75) is 6.92 Å². The molecule has 4 aromatic carbocycles. The molecule has 3 nitrogen and oxygen atoms in total. The van der Waals surface area contributed by atoms with E-state index in [0.29, 0.717) is 0 Å². The Morgan fingerprint density at radius 2 is 1.40 bits per heavy atom. The lowest BCUT2D eigenvalue weighted by molar-refractivity contribution is 0.102. The summed E-state index contributed by atoms with van der Waals surface area (Å²) in [5.74, 6) is -0.337. The summed E-state index contributed by atoms with van der Waals surface area (Å²) in [6.07, 6.45) is 0.